The number of carbonyl (C=O) groups is 4. The van der Waals surface area contributed by atoms with Crippen molar-refractivity contribution >= 4 is 70.3 Å². The molecule has 3 amide bonds. The number of amides is 3. The summed E-state index contributed by atoms with van der Waals surface area (Å²) in [5, 5.41) is 16.5. The van der Waals surface area contributed by atoms with Gasteiger partial charge in [0.1, 0.15) is 118 Å². The SMILES string of the molecule is Cc1cc(Cl)ccn1.Cc1cc(Oc2ccc(N)c(F)c2)ccn1.Cc1cc(Oc2ccc(NC(=O)OCc3ccccc3)c(F)c2)ccn1.Nc1ccc(O)cc1F.Nc1ccc(Oc2ccnc(-c3cnco3)c2)cc1F.O=C(Nc1ccc(Oc2ccnc(-c3cnco3)c2)cc1F)OCc1ccccc1.O=Cc1cc(Oc2ccc(NC(=O)OCc3ccccc3)c(F)c2)ccn1. The molecule has 0 saturated heterocycles. The second-order valence-electron chi connectivity index (χ2n) is 28.0. The molecule has 0 aliphatic carbocycles. The Morgan fingerprint density at radius 2 is 0.654 bits per heavy atom. The molecule has 8 heterocycles. The molecule has 0 fully saturated rings. The Bertz CT molecular complexity index is 6770. The number of aldehydes is 1. The van der Waals surface area contributed by atoms with Crippen LogP contribution in [0.5, 0.6) is 63.2 Å². The topological polar surface area (TPSA) is 406 Å². The van der Waals surface area contributed by atoms with Crippen molar-refractivity contribution in [3.8, 4) is 86.2 Å². The van der Waals surface area contributed by atoms with Crippen molar-refractivity contribution in [1.29, 1.82) is 0 Å². The van der Waals surface area contributed by atoms with Crippen molar-refractivity contribution in [3.63, 3.8) is 0 Å². The summed E-state index contributed by atoms with van der Waals surface area (Å²) in [4.78, 5) is 78.1. The molecule has 9 aromatic carbocycles. The highest BCUT2D eigenvalue weighted by Crippen LogP contribution is 2.34. The van der Waals surface area contributed by atoms with E-state index in [4.69, 9.17) is 80.6 Å². The summed E-state index contributed by atoms with van der Waals surface area (Å²) in [6.45, 7) is 5.88. The van der Waals surface area contributed by atoms with Crippen molar-refractivity contribution in [3.05, 3.63) is 415 Å². The van der Waals surface area contributed by atoms with Crippen molar-refractivity contribution in [2.75, 3.05) is 33.2 Å². The van der Waals surface area contributed by atoms with Crippen molar-refractivity contribution in [2.45, 2.75) is 40.6 Å². The van der Waals surface area contributed by atoms with Crippen LogP contribution in [-0.2, 0) is 34.0 Å². The first-order valence-electron chi connectivity index (χ1n) is 40.4. The van der Waals surface area contributed by atoms with Crippen LogP contribution in [0.4, 0.5) is 74.9 Å². The lowest BCUT2D eigenvalue weighted by Crippen LogP contribution is -2.14. The molecule has 0 bridgehead atoms. The quantitative estimate of drug-likeness (QED) is 0.0109. The van der Waals surface area contributed by atoms with Crippen molar-refractivity contribution in [1.82, 2.24) is 39.9 Å². The van der Waals surface area contributed by atoms with Gasteiger partial charge < -0.3 is 69.0 Å². The third-order valence-corrected chi connectivity index (χ3v) is 17.8. The molecule has 17 aromatic rings. The lowest BCUT2D eigenvalue weighted by atomic mass is 10.2. The van der Waals surface area contributed by atoms with Gasteiger partial charge in [-0.15, -0.1) is 0 Å². The minimum atomic E-state index is -0.767. The molecule has 0 saturated carbocycles. The van der Waals surface area contributed by atoms with Gasteiger partial charge in [0.2, 0.25) is 0 Å². The van der Waals surface area contributed by atoms with Crippen LogP contribution in [0.15, 0.2) is 344 Å². The Morgan fingerprint density at radius 3 is 0.956 bits per heavy atom. The Labute approximate surface area is 778 Å². The number of phenolic OH excluding ortho intramolecular Hbond substituents is 1. The van der Waals surface area contributed by atoms with Gasteiger partial charge in [-0.2, -0.15) is 0 Å². The Kier molecular flexibility index (Phi) is 36.7. The molecule has 0 spiro atoms. The minimum Gasteiger partial charge on any atom is -0.508 e. The number of oxazole rings is 2. The van der Waals surface area contributed by atoms with Gasteiger partial charge in [-0.3, -0.25) is 50.6 Å². The van der Waals surface area contributed by atoms with E-state index < -0.39 is 53.2 Å². The molecule has 0 aliphatic rings. The normalized spacial score (nSPS) is 10.2. The maximum atomic E-state index is 14.4. The number of nitrogens with two attached hydrogens (primary N) is 3. The van der Waals surface area contributed by atoms with Gasteiger partial charge in [0.15, 0.2) is 48.0 Å². The molecule has 8 aromatic heterocycles. The number of nitrogens with one attached hydrogen (secondary N) is 3. The van der Waals surface area contributed by atoms with E-state index in [2.05, 4.69) is 55.8 Å². The first kappa shape index (κ1) is 98.4. The number of rotatable bonds is 22. The lowest BCUT2D eigenvalue weighted by Gasteiger charge is -2.10. The number of ether oxygens (including phenoxy) is 8. The van der Waals surface area contributed by atoms with Crippen LogP contribution >= 0.6 is 11.6 Å². The van der Waals surface area contributed by atoms with Gasteiger partial charge >= 0.3 is 18.3 Å². The zero-order chi connectivity index (χ0) is 96.5. The summed E-state index contributed by atoms with van der Waals surface area (Å²) in [5.74, 6) is 1.36. The van der Waals surface area contributed by atoms with Gasteiger partial charge in [0, 0.05) is 126 Å². The second kappa shape index (κ2) is 50.7. The standard InChI is InChI=1S/C22H16FN3O4.C20H15FN2O4.C20H17FN2O3.C14H10FN3O2.C12H11FN2O.C6H6ClN.C6H6FNO/c23-18-10-16(30-17-8-9-25-20(11-17)21-12-24-14-29-21)6-7-19(18)26-22(27)28-13-15-4-2-1-3-5-15;21-18-11-16(27-17-8-9-22-15(10-17)12-24)6-7-19(18)23-20(25)26-13-14-4-2-1-3-5-14;1-14-11-17(9-10-22-14)26-16-7-8-19(18(21)12-16)23-20(24)25-13-15-5-3-2-4-6-15;15-11-5-9(1-2-12(11)16)20-10-3-4-18-13(6-10)14-7-17-8-19-14;1-8-6-10(4-5-15-8)16-9-2-3-12(14)11(13)7-9;1-5-4-6(7)2-3-8-5;7-5-3-4(9)1-2-6(5)8/h1-12,14H,13H2,(H,26,27);1-12H,13H2,(H,23,25);2-12H,13H2,1H3,(H,23,24);1-8H,16H2;2-7H,14H2,1H3;2-4H,1H3;1-3,9H,8H2. The number of pyridine rings is 6. The number of hydrogen-bond donors (Lipinski definition) is 7. The highest BCUT2D eigenvalue weighted by atomic mass is 35.5. The van der Waals surface area contributed by atoms with Gasteiger partial charge in [0.25, 0.3) is 0 Å². The van der Waals surface area contributed by atoms with E-state index in [0.29, 0.717) is 75.2 Å². The highest BCUT2D eigenvalue weighted by molar-refractivity contribution is 6.30. The van der Waals surface area contributed by atoms with Crippen molar-refractivity contribution in [2.24, 2.45) is 0 Å². The van der Waals surface area contributed by atoms with Crippen LogP contribution in [0.3, 0.4) is 0 Å². The van der Waals surface area contributed by atoms with Crippen LogP contribution in [0.25, 0.3) is 22.9 Å². The van der Waals surface area contributed by atoms with Gasteiger partial charge in [-0.05, 0) is 153 Å². The summed E-state index contributed by atoms with van der Waals surface area (Å²) < 4.78 is 135. The largest absolute Gasteiger partial charge is 0.508 e. The molecule has 0 aliphatic heterocycles. The number of aromatic nitrogens is 8. The number of phenols is 1. The molecule has 17 rings (SSSR count). The van der Waals surface area contributed by atoms with Crippen LogP contribution in [0.2, 0.25) is 5.02 Å². The molecule has 29 nitrogen and oxygen atoms in total. The third kappa shape index (κ3) is 33.1. The maximum Gasteiger partial charge on any atom is 0.412 e. The average molecular weight is 1870 g/mol. The number of nitrogen functional groups attached to an aromatic ring is 3. The van der Waals surface area contributed by atoms with E-state index in [1.807, 2.05) is 118 Å². The van der Waals surface area contributed by atoms with E-state index in [0.717, 1.165) is 50.9 Å². The summed E-state index contributed by atoms with van der Waals surface area (Å²) in [7, 11) is 0. The number of carbonyl (C=O) groups excluding carboxylic acids is 4. The smallest absolute Gasteiger partial charge is 0.412 e. The fraction of sp³-hybridized carbons (Fsp3) is 0.0600. The van der Waals surface area contributed by atoms with Crippen molar-refractivity contribution < 1.29 is 97.4 Å². The van der Waals surface area contributed by atoms with E-state index in [1.54, 1.807) is 110 Å². The molecule has 0 atom stereocenters. The Hall–Kier alpha value is -18.2. The molecule has 10 N–H and O–H groups in total. The van der Waals surface area contributed by atoms with Gasteiger partial charge in [-0.25, -0.2) is 50.7 Å². The molecule has 0 unspecified atom stereocenters. The lowest BCUT2D eigenvalue weighted by molar-refractivity contribution is 0.111. The number of hydrogen-bond acceptors (Lipinski definition) is 26. The number of anilines is 6. The molecule has 36 heteroatoms. The predicted molar refractivity (Wildman–Crippen MR) is 495 cm³/mol. The third-order valence-electron chi connectivity index (χ3n) is 17.6. The predicted octanol–water partition coefficient (Wildman–Crippen LogP) is 24.4. The monoisotopic (exact) mass is 1870 g/mol. The number of aryl methyl sites for hydroxylation is 3. The minimum absolute atomic E-state index is 0.0151. The first-order valence-corrected chi connectivity index (χ1v) is 40.7. The Morgan fingerprint density at radius 1 is 0.353 bits per heavy atom. The Balaban J connectivity index is 0.000000158. The van der Waals surface area contributed by atoms with E-state index in [-0.39, 0.29) is 76.9 Å². The van der Waals surface area contributed by atoms with E-state index in [1.165, 1.54) is 116 Å². The van der Waals surface area contributed by atoms with Crippen LogP contribution in [-0.4, -0.2) is 69.5 Å². The zero-order valence-electron chi connectivity index (χ0n) is 72.1. The molecular formula is C100H81ClF6N14O15. The fourth-order valence-corrected chi connectivity index (χ4v) is 11.3. The number of aromatic hydroxyl groups is 1. The maximum absolute atomic E-state index is 14.4. The number of nitrogens with zero attached hydrogens (tertiary/aromatic N) is 8. The van der Waals surface area contributed by atoms with Gasteiger partial charge in [0.05, 0.1) is 46.5 Å². The number of halogens is 7. The van der Waals surface area contributed by atoms with Crippen LogP contribution in [0, 0.1) is 55.7 Å². The van der Waals surface area contributed by atoms with Gasteiger partial charge in [-0.1, -0.05) is 103 Å². The van der Waals surface area contributed by atoms with E-state index >= 15 is 0 Å². The summed E-state index contributed by atoms with van der Waals surface area (Å²) in [5.41, 5.74) is 22.5. The summed E-state index contributed by atoms with van der Waals surface area (Å²) >= 11 is 5.60. The summed E-state index contributed by atoms with van der Waals surface area (Å²) in [6, 6.07) is 72.1. The fourth-order valence-electron chi connectivity index (χ4n) is 11.1. The number of benzene rings is 9. The molecule has 136 heavy (non-hydrogen) atoms. The molecule has 0 radical (unpaired) electrons. The molecular weight excluding hydrogens is 1790 g/mol. The van der Waals surface area contributed by atoms with Crippen LogP contribution in [0.1, 0.15) is 44.3 Å². The highest BCUT2D eigenvalue weighted by Gasteiger charge is 2.17. The first-order chi connectivity index (χ1) is 65.8. The van der Waals surface area contributed by atoms with E-state index in [9.17, 15) is 45.5 Å². The van der Waals surface area contributed by atoms with Crippen LogP contribution < -0.4 is 56.8 Å². The average Bonchev–Trinajstić information content (AvgIpc) is 1.78. The summed E-state index contributed by atoms with van der Waals surface area (Å²) in [6.07, 6.45) is 13.5. The molecule has 690 valence electrons. The second-order valence-corrected chi connectivity index (χ2v) is 28.4. The zero-order valence-corrected chi connectivity index (χ0v) is 72.8.